The van der Waals surface area contributed by atoms with Crippen LogP contribution in [0.3, 0.4) is 0 Å². The van der Waals surface area contributed by atoms with E-state index in [1.165, 1.54) is 0 Å². The molecule has 0 saturated heterocycles. The monoisotopic (exact) mass is 313 g/mol. The van der Waals surface area contributed by atoms with Crippen LogP contribution in [0.5, 0.6) is 0 Å². The molecule has 124 valence electrons. The molecule has 1 unspecified atom stereocenters. The number of amides is 2. The summed E-state index contributed by atoms with van der Waals surface area (Å²) in [5.41, 5.74) is -0.718. The van der Waals surface area contributed by atoms with Crippen molar-refractivity contribution in [3.63, 3.8) is 0 Å². The predicted molar refractivity (Wildman–Crippen MR) is 79.5 cm³/mol. The molecule has 0 saturated carbocycles. The Kier molecular flexibility index (Phi) is 8.66. The molecule has 0 bridgehead atoms. The van der Waals surface area contributed by atoms with Crippen LogP contribution < -0.4 is 10.6 Å². The Hall–Kier alpha value is -2.25. The number of carbonyl (C=O) groups excluding carboxylic acids is 4. The minimum absolute atomic E-state index is 0.0105. The molecule has 8 nitrogen and oxygen atoms in total. The normalized spacial score (nSPS) is 12.0. The lowest BCUT2D eigenvalue weighted by Gasteiger charge is -2.24. The van der Waals surface area contributed by atoms with Crippen molar-refractivity contribution in [2.24, 2.45) is 0 Å². The Morgan fingerprint density at radius 2 is 1.86 bits per heavy atom. The van der Waals surface area contributed by atoms with Crippen LogP contribution in [0.25, 0.3) is 0 Å². The smallest absolute Gasteiger partial charge is 0.329 e. The number of ether oxygens (including phenoxy) is 1. The van der Waals surface area contributed by atoms with E-state index in [4.69, 9.17) is 10.1 Å². The van der Waals surface area contributed by atoms with E-state index < -0.39 is 29.3 Å². The minimum atomic E-state index is -0.966. The van der Waals surface area contributed by atoms with E-state index >= 15 is 0 Å². The zero-order valence-electron chi connectivity index (χ0n) is 13.1. The average molecular weight is 313 g/mol. The Balaban J connectivity index is 4.66. The zero-order valence-corrected chi connectivity index (χ0v) is 13.1. The van der Waals surface area contributed by atoms with Crippen LogP contribution in [-0.2, 0) is 23.9 Å². The van der Waals surface area contributed by atoms with Crippen molar-refractivity contribution in [1.82, 2.24) is 10.6 Å². The molecular weight excluding hydrogens is 290 g/mol. The first-order valence-corrected chi connectivity index (χ1v) is 6.92. The van der Waals surface area contributed by atoms with Crippen molar-refractivity contribution < 1.29 is 23.9 Å². The molecule has 0 fully saturated rings. The largest absolute Gasteiger partial charge is 0.458 e. The number of nitrogens with one attached hydrogen (secondary N) is 3. The van der Waals surface area contributed by atoms with Gasteiger partial charge in [-0.25, -0.2) is 4.79 Å². The topological polar surface area (TPSA) is 125 Å². The van der Waals surface area contributed by atoms with Gasteiger partial charge in [0.1, 0.15) is 11.6 Å². The maximum absolute atomic E-state index is 12.0. The molecule has 0 aromatic heterocycles. The molecule has 0 aliphatic heterocycles. The van der Waals surface area contributed by atoms with E-state index in [1.54, 1.807) is 20.8 Å². The summed E-state index contributed by atoms with van der Waals surface area (Å²) >= 11 is 0. The first-order chi connectivity index (χ1) is 10.2. The molecule has 2 amide bonds. The van der Waals surface area contributed by atoms with Gasteiger partial charge in [-0.3, -0.25) is 14.4 Å². The summed E-state index contributed by atoms with van der Waals surface area (Å²) in [5, 5.41) is 11.7. The maximum atomic E-state index is 12.0. The summed E-state index contributed by atoms with van der Waals surface area (Å²) in [4.78, 5) is 45.0. The van der Waals surface area contributed by atoms with Gasteiger partial charge in [0.05, 0.1) is 6.21 Å². The summed E-state index contributed by atoms with van der Waals surface area (Å²) in [5.74, 6) is -1.51. The van der Waals surface area contributed by atoms with Gasteiger partial charge in [0, 0.05) is 19.4 Å². The SMILES string of the molecule is CC(C)(C)OC(=O)C(CCC(=O)C=N)NC(=O)CCNC=O. The second-order valence-electron chi connectivity index (χ2n) is 5.62. The van der Waals surface area contributed by atoms with Gasteiger partial charge < -0.3 is 20.8 Å². The van der Waals surface area contributed by atoms with Crippen LogP contribution in [0.15, 0.2) is 0 Å². The van der Waals surface area contributed by atoms with Gasteiger partial charge in [-0.1, -0.05) is 0 Å². The number of Topliss-reactive ketones (excluding diaryl/α,β-unsaturated/α-hetero) is 1. The predicted octanol–water partition coefficient (Wildman–Crippen LogP) is -0.0521. The van der Waals surface area contributed by atoms with Crippen LogP contribution in [-0.4, -0.2) is 48.5 Å². The Labute approximate surface area is 129 Å². The Morgan fingerprint density at radius 3 is 2.36 bits per heavy atom. The van der Waals surface area contributed by atoms with E-state index in [0.29, 0.717) is 12.6 Å². The molecule has 0 aromatic rings. The van der Waals surface area contributed by atoms with Crippen LogP contribution in [0, 0.1) is 5.41 Å². The second kappa shape index (κ2) is 9.64. The molecule has 0 spiro atoms. The van der Waals surface area contributed by atoms with Crippen molar-refractivity contribution in [2.75, 3.05) is 6.54 Å². The average Bonchev–Trinajstić information content (AvgIpc) is 2.41. The van der Waals surface area contributed by atoms with E-state index in [9.17, 15) is 19.2 Å². The summed E-state index contributed by atoms with van der Waals surface area (Å²) in [7, 11) is 0. The summed E-state index contributed by atoms with van der Waals surface area (Å²) < 4.78 is 5.20. The van der Waals surface area contributed by atoms with Gasteiger partial charge in [0.2, 0.25) is 12.3 Å². The van der Waals surface area contributed by atoms with Crippen molar-refractivity contribution in [3.8, 4) is 0 Å². The summed E-state index contributed by atoms with van der Waals surface area (Å²) in [6.45, 7) is 5.23. The van der Waals surface area contributed by atoms with Gasteiger partial charge in [0.15, 0.2) is 5.78 Å². The molecule has 0 rings (SSSR count). The fourth-order valence-electron chi connectivity index (χ4n) is 1.49. The lowest BCUT2D eigenvalue weighted by molar-refractivity contribution is -0.158. The van der Waals surface area contributed by atoms with Gasteiger partial charge in [-0.2, -0.15) is 0 Å². The highest BCUT2D eigenvalue weighted by Crippen LogP contribution is 2.11. The lowest BCUT2D eigenvalue weighted by atomic mass is 10.1. The van der Waals surface area contributed by atoms with E-state index in [2.05, 4.69) is 10.6 Å². The van der Waals surface area contributed by atoms with Crippen molar-refractivity contribution in [2.45, 2.75) is 51.7 Å². The van der Waals surface area contributed by atoms with E-state index in [0.717, 1.165) is 0 Å². The minimum Gasteiger partial charge on any atom is -0.458 e. The summed E-state index contributed by atoms with van der Waals surface area (Å²) in [6.07, 6.45) is 1.16. The number of hydrogen-bond acceptors (Lipinski definition) is 6. The van der Waals surface area contributed by atoms with E-state index in [-0.39, 0.29) is 25.8 Å². The number of carbonyl (C=O) groups is 4. The highest BCUT2D eigenvalue weighted by atomic mass is 16.6. The summed E-state index contributed by atoms with van der Waals surface area (Å²) in [6, 6.07) is -0.966. The van der Waals surface area contributed by atoms with Crippen LogP contribution in [0.1, 0.15) is 40.0 Å². The lowest BCUT2D eigenvalue weighted by Crippen LogP contribution is -2.45. The van der Waals surface area contributed by atoms with Gasteiger partial charge in [0.25, 0.3) is 0 Å². The molecule has 8 heteroatoms. The molecule has 0 aliphatic carbocycles. The third-order valence-corrected chi connectivity index (χ3v) is 2.45. The van der Waals surface area contributed by atoms with Crippen molar-refractivity contribution in [3.05, 3.63) is 0 Å². The molecule has 0 aliphatic rings. The highest BCUT2D eigenvalue weighted by Gasteiger charge is 2.26. The molecule has 0 radical (unpaired) electrons. The third-order valence-electron chi connectivity index (χ3n) is 2.45. The molecule has 0 heterocycles. The molecular formula is C14H23N3O5. The van der Waals surface area contributed by atoms with Crippen LogP contribution in [0.2, 0.25) is 0 Å². The van der Waals surface area contributed by atoms with Crippen LogP contribution in [0.4, 0.5) is 0 Å². The number of esters is 1. The number of ketones is 1. The van der Waals surface area contributed by atoms with Crippen LogP contribution >= 0.6 is 0 Å². The fraction of sp³-hybridized carbons (Fsp3) is 0.643. The molecule has 3 N–H and O–H groups in total. The van der Waals surface area contributed by atoms with Gasteiger partial charge in [-0.05, 0) is 27.2 Å². The zero-order chi connectivity index (χ0) is 17.2. The molecule has 1 atom stereocenters. The first kappa shape index (κ1) is 19.8. The Bertz CT molecular complexity index is 429. The Morgan fingerprint density at radius 1 is 1.23 bits per heavy atom. The third kappa shape index (κ3) is 9.62. The fourth-order valence-corrected chi connectivity index (χ4v) is 1.49. The van der Waals surface area contributed by atoms with E-state index in [1.807, 2.05) is 0 Å². The second-order valence-corrected chi connectivity index (χ2v) is 5.62. The number of rotatable bonds is 10. The maximum Gasteiger partial charge on any atom is 0.329 e. The molecule has 0 aromatic carbocycles. The molecule has 22 heavy (non-hydrogen) atoms. The number of hydrogen-bond donors (Lipinski definition) is 3. The van der Waals surface area contributed by atoms with Crippen molar-refractivity contribution in [1.29, 1.82) is 5.41 Å². The van der Waals surface area contributed by atoms with Crippen molar-refractivity contribution >= 4 is 30.3 Å². The first-order valence-electron chi connectivity index (χ1n) is 6.92. The van der Waals surface area contributed by atoms with Gasteiger partial charge in [-0.15, -0.1) is 0 Å². The standard InChI is InChI=1S/C14H23N3O5/c1-14(2,3)22-13(21)11(5-4-10(19)8-15)17-12(20)6-7-16-9-18/h8-9,11,15H,4-7H2,1-3H3,(H,16,18)(H,17,20). The van der Waals surface area contributed by atoms with Gasteiger partial charge >= 0.3 is 5.97 Å². The quantitative estimate of drug-likeness (QED) is 0.226. The highest BCUT2D eigenvalue weighted by molar-refractivity contribution is 6.26.